The molecule has 0 aliphatic heterocycles. The molecule has 146 valence electrons. The molecule has 2 saturated carbocycles. The van der Waals surface area contributed by atoms with E-state index < -0.39 is 24.1 Å². The summed E-state index contributed by atoms with van der Waals surface area (Å²) in [6.07, 6.45) is 10.0. The maximum Gasteiger partial charge on any atom is 0.330 e. The number of carbonyl (C=O) groups is 2. The van der Waals surface area contributed by atoms with E-state index in [1.54, 1.807) is 0 Å². The lowest BCUT2D eigenvalue weighted by Crippen LogP contribution is -2.17. The van der Waals surface area contributed by atoms with Gasteiger partial charge in [-0.15, -0.1) is 0 Å². The van der Waals surface area contributed by atoms with Gasteiger partial charge in [-0.25, -0.2) is 9.59 Å². The third-order valence-corrected chi connectivity index (χ3v) is 5.68. The largest absolute Gasteiger partial charge is 0.458 e. The zero-order valence-electron chi connectivity index (χ0n) is 15.7. The van der Waals surface area contributed by atoms with Crippen LogP contribution in [-0.4, -0.2) is 11.9 Å². The van der Waals surface area contributed by atoms with Gasteiger partial charge in [0.1, 0.15) is 11.5 Å². The van der Waals surface area contributed by atoms with Crippen molar-refractivity contribution in [1.29, 1.82) is 0 Å². The zero-order valence-corrected chi connectivity index (χ0v) is 15.7. The lowest BCUT2D eigenvalue weighted by Gasteiger charge is -2.23. The van der Waals surface area contributed by atoms with Crippen molar-refractivity contribution in [2.75, 3.05) is 0 Å². The highest BCUT2D eigenvalue weighted by Gasteiger charge is 2.35. The summed E-state index contributed by atoms with van der Waals surface area (Å²) in [4.78, 5) is 23.6. The Morgan fingerprint density at radius 3 is 1.56 bits per heavy atom. The minimum absolute atomic E-state index is 0.244. The molecule has 1 aromatic heterocycles. The van der Waals surface area contributed by atoms with Crippen molar-refractivity contribution in [3.05, 3.63) is 49.0 Å². The first kappa shape index (κ1) is 19.5. The van der Waals surface area contributed by atoms with Gasteiger partial charge in [0, 0.05) is 24.0 Å². The van der Waals surface area contributed by atoms with E-state index in [0.29, 0.717) is 11.5 Å². The Balaban J connectivity index is 1.83. The first-order valence-corrected chi connectivity index (χ1v) is 9.88. The quantitative estimate of drug-likeness (QED) is 0.463. The molecule has 0 radical (unpaired) electrons. The molecule has 3 rings (SSSR count). The Morgan fingerprint density at radius 1 is 0.852 bits per heavy atom. The van der Waals surface area contributed by atoms with Crippen LogP contribution in [-0.2, 0) is 19.1 Å². The summed E-state index contributed by atoms with van der Waals surface area (Å²) in [5.74, 6) is 0.821. The van der Waals surface area contributed by atoms with Crippen LogP contribution in [0.1, 0.15) is 75.1 Å². The van der Waals surface area contributed by atoms with E-state index in [9.17, 15) is 9.59 Å². The highest BCUT2D eigenvalue weighted by atomic mass is 16.6. The molecule has 0 N–H and O–H groups in total. The van der Waals surface area contributed by atoms with Crippen LogP contribution in [0.3, 0.4) is 0 Å². The van der Waals surface area contributed by atoms with Gasteiger partial charge in [0.05, 0.1) is 0 Å². The normalized spacial score (nSPS) is 20.1. The smallest absolute Gasteiger partial charge is 0.330 e. The maximum absolute atomic E-state index is 11.8. The molecular formula is C22H28O5. The first-order chi connectivity index (χ1) is 13.1. The van der Waals surface area contributed by atoms with Crippen LogP contribution in [0.5, 0.6) is 0 Å². The molecule has 0 saturated heterocycles. The molecule has 27 heavy (non-hydrogen) atoms. The molecule has 2 unspecified atom stereocenters. The molecule has 0 amide bonds. The fraction of sp³-hybridized carbons (Fsp3) is 0.545. The molecule has 0 bridgehead atoms. The Kier molecular flexibility index (Phi) is 6.54. The topological polar surface area (TPSA) is 65.7 Å². The van der Waals surface area contributed by atoms with Crippen molar-refractivity contribution in [1.82, 2.24) is 0 Å². The lowest BCUT2D eigenvalue weighted by molar-refractivity contribution is -0.148. The summed E-state index contributed by atoms with van der Waals surface area (Å²) in [5.41, 5.74) is 0. The molecule has 5 heteroatoms. The number of rotatable bonds is 8. The maximum atomic E-state index is 11.8. The molecule has 1 aromatic rings. The second-order valence-electron chi connectivity index (χ2n) is 7.45. The average molecular weight is 372 g/mol. The predicted octanol–water partition coefficient (Wildman–Crippen LogP) is 5.20. The van der Waals surface area contributed by atoms with Crippen LogP contribution in [0, 0.1) is 11.8 Å². The van der Waals surface area contributed by atoms with Crippen LogP contribution < -0.4 is 0 Å². The van der Waals surface area contributed by atoms with E-state index in [1.807, 2.05) is 12.1 Å². The lowest BCUT2D eigenvalue weighted by atomic mass is 9.98. The van der Waals surface area contributed by atoms with Crippen LogP contribution in [0.15, 0.2) is 41.9 Å². The number of carbonyl (C=O) groups excluding carboxylic acids is 2. The van der Waals surface area contributed by atoms with Gasteiger partial charge in [0.15, 0.2) is 12.2 Å². The number of ether oxygens (including phenoxy) is 2. The third-order valence-electron chi connectivity index (χ3n) is 5.68. The number of hydrogen-bond acceptors (Lipinski definition) is 5. The minimum atomic E-state index is -0.449. The summed E-state index contributed by atoms with van der Waals surface area (Å²) in [6, 6.07) is 3.69. The molecule has 2 aliphatic rings. The molecule has 0 spiro atoms. The highest BCUT2D eigenvalue weighted by Crippen LogP contribution is 2.42. The average Bonchev–Trinajstić information content (AvgIpc) is 3.45. The fourth-order valence-electron chi connectivity index (χ4n) is 4.31. The van der Waals surface area contributed by atoms with Gasteiger partial charge in [-0.05, 0) is 37.8 Å². The summed E-state index contributed by atoms with van der Waals surface area (Å²) in [7, 11) is 0. The van der Waals surface area contributed by atoms with E-state index in [-0.39, 0.29) is 11.8 Å². The fourth-order valence-corrected chi connectivity index (χ4v) is 4.31. The van der Waals surface area contributed by atoms with Gasteiger partial charge in [-0.3, -0.25) is 0 Å². The molecular weight excluding hydrogens is 344 g/mol. The summed E-state index contributed by atoms with van der Waals surface area (Å²) in [5, 5.41) is 0. The standard InChI is InChI=1S/C22H28O5/c1-3-19(23)26-21(15-9-5-6-10-15)17-13-14-18(25-17)22(27-20(24)4-2)16-11-7-8-12-16/h3-4,13-16,21-22H,1-2,5-12H2. The van der Waals surface area contributed by atoms with Gasteiger partial charge >= 0.3 is 11.9 Å². The Morgan fingerprint density at radius 2 is 1.22 bits per heavy atom. The zero-order chi connectivity index (χ0) is 19.2. The van der Waals surface area contributed by atoms with Crippen molar-refractivity contribution < 1.29 is 23.5 Å². The third kappa shape index (κ3) is 4.71. The van der Waals surface area contributed by atoms with Gasteiger partial charge in [0.25, 0.3) is 0 Å². The van der Waals surface area contributed by atoms with Crippen molar-refractivity contribution in [3.8, 4) is 0 Å². The van der Waals surface area contributed by atoms with Crippen LogP contribution in [0.2, 0.25) is 0 Å². The second kappa shape index (κ2) is 9.07. The monoisotopic (exact) mass is 372 g/mol. The van der Waals surface area contributed by atoms with E-state index in [4.69, 9.17) is 13.9 Å². The summed E-state index contributed by atoms with van der Waals surface area (Å²) in [6.45, 7) is 6.98. The minimum Gasteiger partial charge on any atom is -0.458 e. The van der Waals surface area contributed by atoms with E-state index >= 15 is 0 Å². The van der Waals surface area contributed by atoms with Gasteiger partial charge in [0.2, 0.25) is 0 Å². The van der Waals surface area contributed by atoms with E-state index in [1.165, 1.54) is 12.2 Å². The van der Waals surface area contributed by atoms with Crippen molar-refractivity contribution >= 4 is 11.9 Å². The van der Waals surface area contributed by atoms with Crippen LogP contribution in [0.25, 0.3) is 0 Å². The summed E-state index contributed by atoms with van der Waals surface area (Å²) < 4.78 is 17.3. The predicted molar refractivity (Wildman–Crippen MR) is 101 cm³/mol. The molecule has 2 aliphatic carbocycles. The van der Waals surface area contributed by atoms with Crippen molar-refractivity contribution in [2.45, 2.75) is 63.6 Å². The van der Waals surface area contributed by atoms with Gasteiger partial charge in [-0.1, -0.05) is 38.8 Å². The van der Waals surface area contributed by atoms with E-state index in [2.05, 4.69) is 13.2 Å². The van der Waals surface area contributed by atoms with Crippen LogP contribution >= 0.6 is 0 Å². The van der Waals surface area contributed by atoms with Crippen LogP contribution in [0.4, 0.5) is 0 Å². The number of esters is 2. The molecule has 2 fully saturated rings. The van der Waals surface area contributed by atoms with E-state index in [0.717, 1.165) is 51.4 Å². The Hall–Kier alpha value is -2.30. The molecule has 0 aromatic carbocycles. The first-order valence-electron chi connectivity index (χ1n) is 9.88. The van der Waals surface area contributed by atoms with Gasteiger partial charge in [-0.2, -0.15) is 0 Å². The second-order valence-corrected chi connectivity index (χ2v) is 7.45. The molecule has 1 heterocycles. The van der Waals surface area contributed by atoms with Crippen molar-refractivity contribution in [2.24, 2.45) is 11.8 Å². The number of hydrogen-bond donors (Lipinski definition) is 0. The highest BCUT2D eigenvalue weighted by molar-refractivity contribution is 5.81. The summed E-state index contributed by atoms with van der Waals surface area (Å²) >= 11 is 0. The molecule has 5 nitrogen and oxygen atoms in total. The Bertz CT molecular complexity index is 620. The molecule has 2 atom stereocenters. The number of furan rings is 1. The Labute approximate surface area is 160 Å². The van der Waals surface area contributed by atoms with Crippen molar-refractivity contribution in [3.63, 3.8) is 0 Å². The SMILES string of the molecule is C=CC(=O)OC(c1ccc(C(OC(=O)C=C)C2CCCC2)o1)C1CCCC1. The van der Waals surface area contributed by atoms with Gasteiger partial charge < -0.3 is 13.9 Å².